The number of hydrogen-bond donors (Lipinski definition) is 3. The summed E-state index contributed by atoms with van der Waals surface area (Å²) in [6.45, 7) is 8.09. The lowest BCUT2D eigenvalue weighted by atomic mass is 10.1. The summed E-state index contributed by atoms with van der Waals surface area (Å²) < 4.78 is 0. The molecule has 0 bridgehead atoms. The van der Waals surface area contributed by atoms with Gasteiger partial charge in [0.1, 0.15) is 10.8 Å². The first kappa shape index (κ1) is 17.8. The third-order valence-electron chi connectivity index (χ3n) is 4.69. The van der Waals surface area contributed by atoms with E-state index in [0.717, 1.165) is 51.9 Å². The molecule has 3 N–H and O–H groups in total. The van der Waals surface area contributed by atoms with E-state index in [2.05, 4.69) is 27.2 Å². The molecule has 7 heteroatoms. The molecule has 2 atom stereocenters. The maximum Gasteiger partial charge on any atom is 0.224 e. The van der Waals surface area contributed by atoms with E-state index in [-0.39, 0.29) is 6.61 Å². The number of hydrogen-bond acceptors (Lipinski definition) is 7. The molecule has 6 nitrogen and oxygen atoms in total. The molecule has 2 heterocycles. The quantitative estimate of drug-likeness (QED) is 0.732. The van der Waals surface area contributed by atoms with Crippen molar-refractivity contribution in [1.82, 2.24) is 15.0 Å². The number of thiazole rings is 1. The van der Waals surface area contributed by atoms with Crippen molar-refractivity contribution in [2.75, 3.05) is 24.3 Å². The van der Waals surface area contributed by atoms with Gasteiger partial charge < -0.3 is 15.7 Å². The minimum absolute atomic E-state index is 0.254. The second kappa shape index (κ2) is 7.49. The number of aliphatic hydroxyl groups is 1. The standard InChI is InChI=1S/C18H25N5OS/c1-5-14-10(2)20-17(25-14)15-11(3)21-18(19-4)23-16(15)22-13-7-6-12(8-13)9-24/h5,12-13,24H,1,6-9H2,2-4H3,(H2,19,21,22,23). The third kappa shape index (κ3) is 3.67. The van der Waals surface area contributed by atoms with Crippen LogP contribution in [0.25, 0.3) is 16.6 Å². The minimum atomic E-state index is 0.254. The highest BCUT2D eigenvalue weighted by Gasteiger charge is 2.26. The molecule has 0 spiro atoms. The normalized spacial score (nSPS) is 19.8. The lowest BCUT2D eigenvalue weighted by Gasteiger charge is -2.18. The summed E-state index contributed by atoms with van der Waals surface area (Å²) in [5.41, 5.74) is 2.81. The van der Waals surface area contributed by atoms with Gasteiger partial charge in [-0.1, -0.05) is 12.7 Å². The lowest BCUT2D eigenvalue weighted by Crippen LogP contribution is -2.19. The van der Waals surface area contributed by atoms with Crippen LogP contribution in [0, 0.1) is 19.8 Å². The van der Waals surface area contributed by atoms with Crippen molar-refractivity contribution in [2.45, 2.75) is 39.2 Å². The van der Waals surface area contributed by atoms with Crippen molar-refractivity contribution >= 4 is 29.2 Å². The first-order valence-electron chi connectivity index (χ1n) is 8.59. The van der Waals surface area contributed by atoms with E-state index in [1.807, 2.05) is 27.0 Å². The van der Waals surface area contributed by atoms with Gasteiger partial charge in [-0.3, -0.25) is 0 Å². The molecule has 3 rings (SSSR count). The highest BCUT2D eigenvalue weighted by atomic mass is 32.1. The molecule has 1 saturated carbocycles. The Bertz CT molecular complexity index is 773. The highest BCUT2D eigenvalue weighted by Crippen LogP contribution is 2.37. The number of aliphatic hydroxyl groups excluding tert-OH is 1. The van der Waals surface area contributed by atoms with Crippen LogP contribution in [0.15, 0.2) is 6.58 Å². The number of aromatic nitrogens is 3. The minimum Gasteiger partial charge on any atom is -0.396 e. The molecule has 0 radical (unpaired) electrons. The smallest absolute Gasteiger partial charge is 0.224 e. The first-order valence-corrected chi connectivity index (χ1v) is 9.41. The van der Waals surface area contributed by atoms with E-state index < -0.39 is 0 Å². The van der Waals surface area contributed by atoms with Gasteiger partial charge in [-0.25, -0.2) is 9.97 Å². The molecule has 134 valence electrons. The topological polar surface area (TPSA) is 83.0 Å². The van der Waals surface area contributed by atoms with Crippen LogP contribution in [0.5, 0.6) is 0 Å². The Hall–Kier alpha value is -1.99. The summed E-state index contributed by atoms with van der Waals surface area (Å²) in [7, 11) is 1.82. The molecule has 1 aliphatic carbocycles. The molecule has 1 fully saturated rings. The van der Waals surface area contributed by atoms with E-state index in [0.29, 0.717) is 17.9 Å². The van der Waals surface area contributed by atoms with Crippen molar-refractivity contribution < 1.29 is 5.11 Å². The van der Waals surface area contributed by atoms with Crippen LogP contribution in [0.3, 0.4) is 0 Å². The largest absolute Gasteiger partial charge is 0.396 e. The molecule has 0 aliphatic heterocycles. The van der Waals surface area contributed by atoms with E-state index >= 15 is 0 Å². The van der Waals surface area contributed by atoms with E-state index in [9.17, 15) is 5.11 Å². The Morgan fingerprint density at radius 3 is 2.64 bits per heavy atom. The predicted octanol–water partition coefficient (Wildman–Crippen LogP) is 3.47. The number of nitrogens with zero attached hydrogens (tertiary/aromatic N) is 3. The number of anilines is 2. The fourth-order valence-electron chi connectivity index (χ4n) is 3.31. The number of nitrogens with one attached hydrogen (secondary N) is 2. The Labute approximate surface area is 152 Å². The van der Waals surface area contributed by atoms with Crippen molar-refractivity contribution in [2.24, 2.45) is 5.92 Å². The molecule has 2 aromatic heterocycles. The second-order valence-corrected chi connectivity index (χ2v) is 7.51. The zero-order valence-corrected chi connectivity index (χ0v) is 15.8. The van der Waals surface area contributed by atoms with Gasteiger partial charge in [-0.2, -0.15) is 4.98 Å². The Morgan fingerprint density at radius 2 is 2.04 bits per heavy atom. The highest BCUT2D eigenvalue weighted by molar-refractivity contribution is 7.16. The zero-order valence-electron chi connectivity index (χ0n) is 15.0. The van der Waals surface area contributed by atoms with Crippen LogP contribution in [-0.4, -0.2) is 39.8 Å². The molecule has 0 aromatic carbocycles. The molecule has 1 aliphatic rings. The number of aryl methyl sites for hydroxylation is 2. The molecule has 0 amide bonds. The van der Waals surface area contributed by atoms with Crippen LogP contribution in [0.4, 0.5) is 11.8 Å². The first-order chi connectivity index (χ1) is 12.0. The Morgan fingerprint density at radius 1 is 1.24 bits per heavy atom. The van der Waals surface area contributed by atoms with Crippen LogP contribution in [0.2, 0.25) is 0 Å². The fourth-order valence-corrected chi connectivity index (χ4v) is 4.33. The fraction of sp³-hybridized carbons (Fsp3) is 0.500. The van der Waals surface area contributed by atoms with Gasteiger partial charge >= 0.3 is 0 Å². The van der Waals surface area contributed by atoms with E-state index in [1.165, 1.54) is 0 Å². The summed E-state index contributed by atoms with van der Waals surface area (Å²) in [5.74, 6) is 1.78. The summed E-state index contributed by atoms with van der Waals surface area (Å²) in [6, 6.07) is 0.315. The van der Waals surface area contributed by atoms with Crippen LogP contribution >= 0.6 is 11.3 Å². The maximum absolute atomic E-state index is 9.39. The maximum atomic E-state index is 9.39. The molecular formula is C18H25N5OS. The van der Waals surface area contributed by atoms with Crippen LogP contribution in [0.1, 0.15) is 35.5 Å². The monoisotopic (exact) mass is 359 g/mol. The SMILES string of the molecule is C=Cc1sc(-c2c(C)nc(NC)nc2NC2CCC(CO)C2)nc1C. The number of rotatable bonds is 6. The van der Waals surface area contributed by atoms with Gasteiger partial charge in [0.25, 0.3) is 0 Å². The molecule has 25 heavy (non-hydrogen) atoms. The average Bonchev–Trinajstić information content (AvgIpc) is 3.20. The summed E-state index contributed by atoms with van der Waals surface area (Å²) in [6.07, 6.45) is 4.88. The summed E-state index contributed by atoms with van der Waals surface area (Å²) in [5, 5.41) is 16.9. The molecule has 0 saturated heterocycles. The van der Waals surface area contributed by atoms with Gasteiger partial charge in [0.2, 0.25) is 5.95 Å². The Kier molecular flexibility index (Phi) is 5.34. The van der Waals surface area contributed by atoms with Crippen molar-refractivity contribution in [3.8, 4) is 10.6 Å². The average molecular weight is 359 g/mol. The van der Waals surface area contributed by atoms with Crippen LogP contribution in [-0.2, 0) is 0 Å². The molecular weight excluding hydrogens is 334 g/mol. The summed E-state index contributed by atoms with van der Waals surface area (Å²) in [4.78, 5) is 15.0. The summed E-state index contributed by atoms with van der Waals surface area (Å²) >= 11 is 1.61. The van der Waals surface area contributed by atoms with Gasteiger partial charge in [-0.05, 0) is 39.0 Å². The van der Waals surface area contributed by atoms with Gasteiger partial charge in [0, 0.05) is 24.6 Å². The molecule has 2 aromatic rings. The van der Waals surface area contributed by atoms with Crippen molar-refractivity contribution in [1.29, 1.82) is 0 Å². The van der Waals surface area contributed by atoms with Crippen molar-refractivity contribution in [3.63, 3.8) is 0 Å². The Balaban J connectivity index is 1.99. The zero-order chi connectivity index (χ0) is 18.0. The lowest BCUT2D eigenvalue weighted by molar-refractivity contribution is 0.229. The van der Waals surface area contributed by atoms with Gasteiger partial charge in [-0.15, -0.1) is 11.3 Å². The van der Waals surface area contributed by atoms with Crippen LogP contribution < -0.4 is 10.6 Å². The second-order valence-electron chi connectivity index (χ2n) is 6.48. The third-order valence-corrected chi connectivity index (χ3v) is 5.86. The predicted molar refractivity (Wildman–Crippen MR) is 104 cm³/mol. The van der Waals surface area contributed by atoms with Gasteiger partial charge in [0.05, 0.1) is 17.0 Å². The van der Waals surface area contributed by atoms with E-state index in [4.69, 9.17) is 4.98 Å². The van der Waals surface area contributed by atoms with Gasteiger partial charge in [0.15, 0.2) is 0 Å². The molecule has 2 unspecified atom stereocenters. The van der Waals surface area contributed by atoms with Crippen molar-refractivity contribution in [3.05, 3.63) is 22.8 Å². The van der Waals surface area contributed by atoms with E-state index in [1.54, 1.807) is 11.3 Å².